The summed E-state index contributed by atoms with van der Waals surface area (Å²) < 4.78 is 35.2. The second-order valence-electron chi connectivity index (χ2n) is 13.4. The van der Waals surface area contributed by atoms with Crippen molar-refractivity contribution in [2.75, 3.05) is 52.0 Å². The summed E-state index contributed by atoms with van der Waals surface area (Å²) in [5.41, 5.74) is 6.38. The first-order valence-electron chi connectivity index (χ1n) is 17.3. The van der Waals surface area contributed by atoms with Crippen LogP contribution in [0.5, 0.6) is 17.2 Å². The lowest BCUT2D eigenvalue weighted by molar-refractivity contribution is -0.246. The molecule has 53 heavy (non-hydrogen) atoms. The Morgan fingerprint density at radius 1 is 1.08 bits per heavy atom. The van der Waals surface area contributed by atoms with Crippen LogP contribution in [0.25, 0.3) is 0 Å². The largest absolute Gasteiger partial charge is 0.507 e. The van der Waals surface area contributed by atoms with Crippen LogP contribution in [-0.4, -0.2) is 132 Å². The number of hydrazine groups is 1. The summed E-state index contributed by atoms with van der Waals surface area (Å²) in [6, 6.07) is 4.23. The number of amides is 2. The highest BCUT2D eigenvalue weighted by Gasteiger charge is 2.53. The van der Waals surface area contributed by atoms with Crippen LogP contribution in [-0.2, 0) is 39.7 Å². The first-order chi connectivity index (χ1) is 25.5. The molecule has 0 bridgehead atoms. The minimum absolute atomic E-state index is 0.0541. The van der Waals surface area contributed by atoms with Gasteiger partial charge in [0.05, 0.1) is 49.2 Å². The van der Waals surface area contributed by atoms with Gasteiger partial charge in [0.2, 0.25) is 11.7 Å². The molecule has 3 saturated heterocycles. The molecule has 2 aromatic carbocycles. The number of ether oxygens (including phenoxy) is 6. The van der Waals surface area contributed by atoms with Crippen molar-refractivity contribution >= 4 is 35.1 Å². The molecule has 5 aliphatic rings. The number of carbonyl (C=O) groups excluding carboxylic acids is 4. The minimum Gasteiger partial charge on any atom is -0.507 e. The number of nitrogens with one attached hydrogen (secondary N) is 2. The highest BCUT2D eigenvalue weighted by Crippen LogP contribution is 2.52. The Morgan fingerprint density at radius 3 is 2.62 bits per heavy atom. The van der Waals surface area contributed by atoms with Crippen molar-refractivity contribution in [3.05, 3.63) is 51.6 Å². The molecule has 7 N–H and O–H groups in total. The third-order valence-electron chi connectivity index (χ3n) is 10.3. The zero-order chi connectivity index (χ0) is 37.6. The number of morpholine rings is 1. The van der Waals surface area contributed by atoms with Crippen molar-refractivity contribution in [1.29, 1.82) is 0 Å². The number of hydrogen-bond donors (Lipinski definition) is 6. The Morgan fingerprint density at radius 2 is 1.87 bits per heavy atom. The van der Waals surface area contributed by atoms with Gasteiger partial charge >= 0.3 is 0 Å². The Bertz CT molecular complexity index is 1810. The van der Waals surface area contributed by atoms with E-state index in [0.29, 0.717) is 31.2 Å². The van der Waals surface area contributed by atoms with E-state index >= 15 is 0 Å². The van der Waals surface area contributed by atoms with E-state index in [2.05, 4.69) is 15.8 Å². The molecule has 2 aromatic rings. The summed E-state index contributed by atoms with van der Waals surface area (Å²) >= 11 is 1.47. The normalized spacial score (nSPS) is 29.0. The summed E-state index contributed by atoms with van der Waals surface area (Å²) in [6.07, 6.45) is -4.48. The van der Waals surface area contributed by atoms with Crippen LogP contribution in [0, 0.1) is 0 Å². The van der Waals surface area contributed by atoms with Gasteiger partial charge in [-0.05, 0) is 6.07 Å². The number of benzene rings is 2. The SMILES string of the molecule is COc1cccc2c1C(=O)c1c(O)c3c(c(O)c1C2=O)C[C@@](O)(C(=O)NNC(=O)CCSCCN)C[C@@H]3O[C@H]1C[C@H]2[C@@H](CO1)O[C@@H]1[C@@H](OC)OCCN12. The molecular weight excluding hydrogens is 716 g/mol. The average molecular weight is 759 g/mol. The molecule has 0 spiro atoms. The highest BCUT2D eigenvalue weighted by atomic mass is 32.2. The first kappa shape index (κ1) is 37.5. The van der Waals surface area contributed by atoms with Crippen LogP contribution in [0.1, 0.15) is 68.3 Å². The fourth-order valence-corrected chi connectivity index (χ4v) is 8.55. The van der Waals surface area contributed by atoms with Crippen molar-refractivity contribution in [2.45, 2.75) is 68.3 Å². The van der Waals surface area contributed by atoms with Gasteiger partial charge in [-0.15, -0.1) is 0 Å². The quantitative estimate of drug-likeness (QED) is 0.0906. The topological polar surface area (TPSA) is 238 Å². The first-order valence-corrected chi connectivity index (χ1v) is 18.5. The molecule has 2 aliphatic carbocycles. The second-order valence-corrected chi connectivity index (χ2v) is 14.6. The van der Waals surface area contributed by atoms with E-state index in [1.165, 1.54) is 44.2 Å². The molecule has 0 aromatic heterocycles. The zero-order valence-corrected chi connectivity index (χ0v) is 29.9. The van der Waals surface area contributed by atoms with Crippen molar-refractivity contribution in [2.24, 2.45) is 5.73 Å². The number of methoxy groups -OCH3 is 2. The number of thioether (sulfide) groups is 1. The predicted octanol–water partition coefficient (Wildman–Crippen LogP) is -0.00920. The van der Waals surface area contributed by atoms with Gasteiger partial charge in [0.15, 0.2) is 30.2 Å². The molecule has 286 valence electrons. The van der Waals surface area contributed by atoms with Crippen LogP contribution in [0.4, 0.5) is 0 Å². The fourth-order valence-electron chi connectivity index (χ4n) is 7.85. The number of ketones is 2. The van der Waals surface area contributed by atoms with Crippen LogP contribution >= 0.6 is 11.8 Å². The Kier molecular flexibility index (Phi) is 10.7. The van der Waals surface area contributed by atoms with Gasteiger partial charge in [-0.1, -0.05) is 12.1 Å². The lowest BCUT2D eigenvalue weighted by Gasteiger charge is -2.42. The summed E-state index contributed by atoms with van der Waals surface area (Å²) in [5.74, 6) is -3.19. The number of rotatable bonds is 10. The number of phenolic OH excluding ortho intramolecular Hbond substituents is 2. The van der Waals surface area contributed by atoms with E-state index in [4.69, 9.17) is 34.2 Å². The van der Waals surface area contributed by atoms with Gasteiger partial charge in [0.1, 0.15) is 17.2 Å². The molecule has 17 nitrogen and oxygen atoms in total. The van der Waals surface area contributed by atoms with E-state index in [1.807, 2.05) is 0 Å². The van der Waals surface area contributed by atoms with Crippen molar-refractivity contribution in [1.82, 2.24) is 15.8 Å². The summed E-state index contributed by atoms with van der Waals surface area (Å²) in [6.45, 7) is 1.54. The van der Waals surface area contributed by atoms with Crippen LogP contribution in [0.3, 0.4) is 0 Å². The summed E-state index contributed by atoms with van der Waals surface area (Å²) in [4.78, 5) is 56.1. The van der Waals surface area contributed by atoms with Gasteiger partial charge in [-0.25, -0.2) is 0 Å². The third kappa shape index (κ3) is 6.65. The molecule has 7 rings (SSSR count). The van der Waals surface area contributed by atoms with E-state index in [-0.39, 0.29) is 59.6 Å². The minimum atomic E-state index is -2.34. The molecular formula is C35H42N4O13S. The monoisotopic (exact) mass is 758 g/mol. The number of aromatic hydroxyl groups is 2. The molecule has 3 fully saturated rings. The lowest BCUT2D eigenvalue weighted by Crippen LogP contribution is -2.56. The maximum atomic E-state index is 14.0. The standard InChI is InChI=1S/C35H42N4O13S/c1-47-19-5-3-4-16-24(19)30(43)27-26(28(16)41)29(42)17-13-35(46,34(45)38-37-22(40)6-10-53-11-7-36)14-20(25(17)31(27)44)51-23-12-18-21(15-50-23)52-32-33(48-2)49-9-8-39(18)32/h3-5,18,20-21,23,32-33,42,44,46H,6-15,36H2,1-2H3,(H,37,40)(H,38,45)/t18-,20-,21+,23-,32+,33-,35-/m0/s1. The fraction of sp³-hybridized carbons (Fsp3) is 0.543. The van der Waals surface area contributed by atoms with Gasteiger partial charge in [-0.2, -0.15) is 11.8 Å². The molecule has 0 saturated carbocycles. The third-order valence-corrected chi connectivity index (χ3v) is 11.4. The lowest BCUT2D eigenvalue weighted by atomic mass is 9.72. The summed E-state index contributed by atoms with van der Waals surface area (Å²) in [5, 5.41) is 35.6. The Balaban J connectivity index is 1.22. The van der Waals surface area contributed by atoms with Gasteiger partial charge in [0.25, 0.3) is 5.91 Å². The summed E-state index contributed by atoms with van der Waals surface area (Å²) in [7, 11) is 2.87. The van der Waals surface area contributed by atoms with Gasteiger partial charge in [-0.3, -0.25) is 34.9 Å². The number of nitrogens with zero attached hydrogens (tertiary/aromatic N) is 1. The number of nitrogens with two attached hydrogens (primary N) is 1. The number of phenols is 2. The Hall–Kier alpha value is -3.85. The average Bonchev–Trinajstić information content (AvgIpc) is 3.53. The molecule has 3 aliphatic heterocycles. The van der Waals surface area contributed by atoms with Gasteiger partial charge < -0.3 is 49.5 Å². The highest BCUT2D eigenvalue weighted by molar-refractivity contribution is 7.99. The predicted molar refractivity (Wildman–Crippen MR) is 184 cm³/mol. The van der Waals surface area contributed by atoms with Crippen molar-refractivity contribution < 1.29 is 62.9 Å². The molecule has 3 heterocycles. The van der Waals surface area contributed by atoms with E-state index in [1.54, 1.807) is 0 Å². The van der Waals surface area contributed by atoms with E-state index in [9.17, 15) is 34.5 Å². The van der Waals surface area contributed by atoms with Crippen molar-refractivity contribution in [3.63, 3.8) is 0 Å². The van der Waals surface area contributed by atoms with Crippen LogP contribution in [0.15, 0.2) is 18.2 Å². The molecule has 0 unspecified atom stereocenters. The van der Waals surface area contributed by atoms with Gasteiger partial charge in [0, 0.05) is 80.1 Å². The maximum Gasteiger partial charge on any atom is 0.270 e. The van der Waals surface area contributed by atoms with Crippen LogP contribution in [0.2, 0.25) is 0 Å². The number of aliphatic hydroxyl groups is 1. The second kappa shape index (κ2) is 15.1. The zero-order valence-electron chi connectivity index (χ0n) is 29.1. The molecule has 18 heteroatoms. The molecule has 2 amide bonds. The number of fused-ring (bicyclic) bond motifs is 6. The number of hydrogen-bond acceptors (Lipinski definition) is 16. The van der Waals surface area contributed by atoms with E-state index < -0.39 is 89.4 Å². The maximum absolute atomic E-state index is 14.0. The van der Waals surface area contributed by atoms with E-state index in [0.717, 1.165) is 0 Å². The molecule has 7 atom stereocenters. The Labute approximate surface area is 308 Å². The smallest absolute Gasteiger partial charge is 0.270 e. The molecule has 0 radical (unpaired) electrons. The van der Waals surface area contributed by atoms with Crippen molar-refractivity contribution in [3.8, 4) is 17.2 Å². The number of carbonyl (C=O) groups is 4. The van der Waals surface area contributed by atoms with Crippen LogP contribution < -0.4 is 21.3 Å².